The third-order valence-electron chi connectivity index (χ3n) is 3.40. The molecule has 0 aromatic heterocycles. The van der Waals surface area contributed by atoms with Gasteiger partial charge in [0.15, 0.2) is 9.84 Å². The Labute approximate surface area is 125 Å². The van der Waals surface area contributed by atoms with Crippen molar-refractivity contribution in [3.8, 4) is 0 Å². The number of aryl methyl sites for hydroxylation is 2. The van der Waals surface area contributed by atoms with Crippen LogP contribution in [0.25, 0.3) is 0 Å². The molecule has 4 heteroatoms. The summed E-state index contributed by atoms with van der Waals surface area (Å²) in [5.74, 6) is 0. The fourth-order valence-electron chi connectivity index (χ4n) is 2.02. The highest BCUT2D eigenvalue weighted by Gasteiger charge is 2.14. The number of hydrogen-bond donors (Lipinski definition) is 0. The van der Waals surface area contributed by atoms with Crippen molar-refractivity contribution < 1.29 is 8.42 Å². The first-order valence-corrected chi connectivity index (χ1v) is 8.63. The van der Waals surface area contributed by atoms with Gasteiger partial charge in [0, 0.05) is 6.26 Å². The normalized spacial score (nSPS) is 13.2. The van der Waals surface area contributed by atoms with Crippen molar-refractivity contribution in [2.45, 2.75) is 24.1 Å². The molecule has 0 fully saturated rings. The van der Waals surface area contributed by atoms with Crippen molar-refractivity contribution in [3.63, 3.8) is 0 Å². The van der Waals surface area contributed by atoms with Crippen molar-refractivity contribution in [3.05, 3.63) is 64.7 Å². The zero-order valence-corrected chi connectivity index (χ0v) is 13.3. The van der Waals surface area contributed by atoms with Gasteiger partial charge in [0.25, 0.3) is 0 Å². The first-order chi connectivity index (χ1) is 9.29. The summed E-state index contributed by atoms with van der Waals surface area (Å²) in [5, 5.41) is -0.351. The van der Waals surface area contributed by atoms with E-state index in [0.29, 0.717) is 4.90 Å². The van der Waals surface area contributed by atoms with Crippen LogP contribution in [-0.2, 0) is 9.84 Å². The second kappa shape index (κ2) is 5.58. The number of rotatable bonds is 3. The van der Waals surface area contributed by atoms with Crippen LogP contribution in [0.4, 0.5) is 0 Å². The van der Waals surface area contributed by atoms with E-state index in [-0.39, 0.29) is 5.38 Å². The van der Waals surface area contributed by atoms with Crippen molar-refractivity contribution in [2.75, 3.05) is 6.26 Å². The van der Waals surface area contributed by atoms with Gasteiger partial charge in [-0.05, 0) is 48.2 Å². The van der Waals surface area contributed by atoms with Gasteiger partial charge >= 0.3 is 0 Å². The Kier molecular flexibility index (Phi) is 4.21. The topological polar surface area (TPSA) is 34.1 Å². The Bertz CT molecular complexity index is 736. The Morgan fingerprint density at radius 1 is 0.950 bits per heavy atom. The van der Waals surface area contributed by atoms with Crippen LogP contribution in [0, 0.1) is 13.8 Å². The number of benzene rings is 2. The second-order valence-corrected chi connectivity index (χ2v) is 7.50. The number of sulfone groups is 1. The molecule has 2 nitrogen and oxygen atoms in total. The molecular weight excluding hydrogens is 292 g/mol. The summed E-state index contributed by atoms with van der Waals surface area (Å²) in [6.45, 7) is 4.09. The fraction of sp³-hybridized carbons (Fsp3) is 0.250. The Morgan fingerprint density at radius 2 is 1.60 bits per heavy atom. The number of hydrogen-bond acceptors (Lipinski definition) is 2. The molecule has 0 N–H and O–H groups in total. The van der Waals surface area contributed by atoms with Gasteiger partial charge in [-0.2, -0.15) is 0 Å². The zero-order valence-electron chi connectivity index (χ0n) is 11.7. The van der Waals surface area contributed by atoms with Crippen LogP contribution in [-0.4, -0.2) is 14.7 Å². The first-order valence-electron chi connectivity index (χ1n) is 6.30. The van der Waals surface area contributed by atoms with Gasteiger partial charge in [-0.15, -0.1) is 11.6 Å². The van der Waals surface area contributed by atoms with Gasteiger partial charge in [0.2, 0.25) is 0 Å². The molecule has 1 unspecified atom stereocenters. The predicted molar refractivity (Wildman–Crippen MR) is 83.2 cm³/mol. The summed E-state index contributed by atoms with van der Waals surface area (Å²) in [6, 6.07) is 12.8. The van der Waals surface area contributed by atoms with Gasteiger partial charge in [0.1, 0.15) is 0 Å². The third-order valence-corrected chi connectivity index (χ3v) is 5.02. The van der Waals surface area contributed by atoms with Crippen LogP contribution in [0.15, 0.2) is 47.4 Å². The summed E-state index contributed by atoms with van der Waals surface area (Å²) in [6.07, 6.45) is 1.20. The molecule has 0 spiro atoms. The highest BCUT2D eigenvalue weighted by Crippen LogP contribution is 2.31. The van der Waals surface area contributed by atoms with Crippen LogP contribution in [0.3, 0.4) is 0 Å². The van der Waals surface area contributed by atoms with E-state index in [2.05, 4.69) is 0 Å². The van der Waals surface area contributed by atoms with E-state index in [0.717, 1.165) is 11.1 Å². The zero-order chi connectivity index (χ0) is 14.9. The highest BCUT2D eigenvalue weighted by molar-refractivity contribution is 7.90. The molecule has 2 aromatic rings. The second-order valence-electron chi connectivity index (χ2n) is 5.05. The molecule has 2 rings (SSSR count). The molecule has 1 atom stereocenters. The summed E-state index contributed by atoms with van der Waals surface area (Å²) in [7, 11) is -3.21. The van der Waals surface area contributed by atoms with E-state index in [4.69, 9.17) is 11.6 Å². The SMILES string of the molecule is Cc1ccc(C(Cl)c2cccc(S(C)(=O)=O)c2)cc1C. The van der Waals surface area contributed by atoms with E-state index in [1.54, 1.807) is 18.2 Å². The molecule has 2 aromatic carbocycles. The van der Waals surface area contributed by atoms with Crippen molar-refractivity contribution in [2.24, 2.45) is 0 Å². The minimum absolute atomic E-state index is 0.296. The van der Waals surface area contributed by atoms with Crippen LogP contribution < -0.4 is 0 Å². The van der Waals surface area contributed by atoms with E-state index in [9.17, 15) is 8.42 Å². The Morgan fingerprint density at radius 3 is 2.20 bits per heavy atom. The van der Waals surface area contributed by atoms with E-state index in [1.807, 2.05) is 38.1 Å². The molecule has 0 heterocycles. The molecule has 0 aliphatic carbocycles. The Hall–Kier alpha value is -1.32. The van der Waals surface area contributed by atoms with Gasteiger partial charge in [-0.25, -0.2) is 8.42 Å². The molecule has 0 saturated heterocycles. The third kappa shape index (κ3) is 3.22. The average Bonchev–Trinajstić information content (AvgIpc) is 2.40. The largest absolute Gasteiger partial charge is 0.224 e. The maximum atomic E-state index is 11.6. The lowest BCUT2D eigenvalue weighted by molar-refractivity contribution is 0.601. The van der Waals surface area contributed by atoms with Gasteiger partial charge in [0.05, 0.1) is 10.3 Å². The minimum Gasteiger partial charge on any atom is -0.224 e. The van der Waals surface area contributed by atoms with Gasteiger partial charge in [-0.3, -0.25) is 0 Å². The van der Waals surface area contributed by atoms with Crippen LogP contribution in [0.2, 0.25) is 0 Å². The fourth-order valence-corrected chi connectivity index (χ4v) is 2.96. The monoisotopic (exact) mass is 308 g/mol. The molecule has 0 radical (unpaired) electrons. The van der Waals surface area contributed by atoms with E-state index < -0.39 is 9.84 Å². The summed E-state index contributed by atoms with van der Waals surface area (Å²) < 4.78 is 23.2. The average molecular weight is 309 g/mol. The Balaban J connectivity index is 2.43. The lowest BCUT2D eigenvalue weighted by Crippen LogP contribution is -2.00. The van der Waals surface area contributed by atoms with Crippen molar-refractivity contribution in [1.29, 1.82) is 0 Å². The molecule has 106 valence electrons. The first kappa shape index (κ1) is 15.1. The molecular formula is C16H17ClO2S. The lowest BCUT2D eigenvalue weighted by atomic mass is 10.00. The molecule has 20 heavy (non-hydrogen) atoms. The van der Waals surface area contributed by atoms with E-state index in [1.165, 1.54) is 17.4 Å². The molecule has 0 amide bonds. The van der Waals surface area contributed by atoms with Crippen LogP contribution in [0.1, 0.15) is 27.6 Å². The molecule has 0 bridgehead atoms. The van der Waals surface area contributed by atoms with Crippen molar-refractivity contribution >= 4 is 21.4 Å². The van der Waals surface area contributed by atoms with Crippen LogP contribution in [0.5, 0.6) is 0 Å². The maximum absolute atomic E-state index is 11.6. The highest BCUT2D eigenvalue weighted by atomic mass is 35.5. The molecule has 0 saturated carbocycles. The van der Waals surface area contributed by atoms with Crippen LogP contribution >= 0.6 is 11.6 Å². The summed E-state index contributed by atoms with van der Waals surface area (Å²) in [5.41, 5.74) is 4.15. The van der Waals surface area contributed by atoms with Crippen molar-refractivity contribution in [1.82, 2.24) is 0 Å². The standard InChI is InChI=1S/C16H17ClO2S/c1-11-7-8-14(9-12(11)2)16(17)13-5-4-6-15(10-13)20(3,18)19/h4-10,16H,1-3H3. The quantitative estimate of drug-likeness (QED) is 0.802. The van der Waals surface area contributed by atoms with Gasteiger partial charge < -0.3 is 0 Å². The molecule has 0 aliphatic heterocycles. The van der Waals surface area contributed by atoms with E-state index >= 15 is 0 Å². The predicted octanol–water partition coefficient (Wildman–Crippen LogP) is 4.04. The maximum Gasteiger partial charge on any atom is 0.175 e. The van der Waals surface area contributed by atoms with Gasteiger partial charge in [-0.1, -0.05) is 30.3 Å². The number of halogens is 1. The minimum atomic E-state index is -3.21. The number of alkyl halides is 1. The molecule has 0 aliphatic rings. The lowest BCUT2D eigenvalue weighted by Gasteiger charge is -2.13. The summed E-state index contributed by atoms with van der Waals surface area (Å²) >= 11 is 6.48. The summed E-state index contributed by atoms with van der Waals surface area (Å²) in [4.78, 5) is 0.296. The smallest absolute Gasteiger partial charge is 0.175 e.